The summed E-state index contributed by atoms with van der Waals surface area (Å²) in [6.45, 7) is 13.3. The summed E-state index contributed by atoms with van der Waals surface area (Å²) in [7, 11) is 0. The van der Waals surface area contributed by atoms with E-state index in [1.165, 1.54) is 11.1 Å². The zero-order valence-electron chi connectivity index (χ0n) is 13.8. The number of amides is 1. The van der Waals surface area contributed by atoms with E-state index in [1.54, 1.807) is 0 Å². The highest BCUT2D eigenvalue weighted by Gasteiger charge is 2.27. The standard InChI is InChI=1S/C17H29NO2/c1-7-9-17(5,6)14-10-15(18-16(19)12(3)4)20-11-13(14)8-2/h10,12H,7-9,11H2,1-6H3,(H,18,19). The predicted octanol–water partition coefficient (Wildman–Crippen LogP) is 4.16. The molecule has 0 saturated carbocycles. The minimum atomic E-state index is -0.0387. The lowest BCUT2D eigenvalue weighted by atomic mass is 9.77. The Labute approximate surface area is 123 Å². The van der Waals surface area contributed by atoms with Gasteiger partial charge < -0.3 is 4.74 Å². The summed E-state index contributed by atoms with van der Waals surface area (Å²) in [4.78, 5) is 11.8. The molecule has 0 unspecified atom stereocenters. The Hall–Kier alpha value is -1.25. The van der Waals surface area contributed by atoms with E-state index in [2.05, 4.69) is 33.0 Å². The Morgan fingerprint density at radius 1 is 1.40 bits per heavy atom. The van der Waals surface area contributed by atoms with Crippen LogP contribution >= 0.6 is 0 Å². The SMILES string of the molecule is CCCC(C)(C)C1=C(CC)COC(NC(=O)C(C)C)=C1. The van der Waals surface area contributed by atoms with Gasteiger partial charge in [0.2, 0.25) is 5.91 Å². The fourth-order valence-corrected chi connectivity index (χ4v) is 2.58. The lowest BCUT2D eigenvalue weighted by Crippen LogP contribution is -2.31. The Kier molecular flexibility index (Phi) is 5.85. The highest BCUT2D eigenvalue weighted by molar-refractivity contribution is 5.79. The maximum absolute atomic E-state index is 11.8. The number of ether oxygens (including phenoxy) is 1. The van der Waals surface area contributed by atoms with E-state index in [0.29, 0.717) is 12.5 Å². The van der Waals surface area contributed by atoms with Crippen LogP contribution < -0.4 is 5.32 Å². The van der Waals surface area contributed by atoms with Gasteiger partial charge in [-0.15, -0.1) is 0 Å². The number of carbonyl (C=O) groups excluding carboxylic acids is 1. The predicted molar refractivity (Wildman–Crippen MR) is 83.0 cm³/mol. The number of hydrogen-bond acceptors (Lipinski definition) is 2. The van der Waals surface area contributed by atoms with Crippen LogP contribution in [-0.4, -0.2) is 12.5 Å². The summed E-state index contributed by atoms with van der Waals surface area (Å²) < 4.78 is 5.68. The summed E-state index contributed by atoms with van der Waals surface area (Å²) in [5.74, 6) is 0.562. The van der Waals surface area contributed by atoms with E-state index in [9.17, 15) is 4.79 Å². The first-order valence-electron chi connectivity index (χ1n) is 7.69. The molecule has 1 aliphatic heterocycles. The molecule has 3 heteroatoms. The van der Waals surface area contributed by atoms with E-state index in [4.69, 9.17) is 4.74 Å². The van der Waals surface area contributed by atoms with Gasteiger partial charge in [-0.3, -0.25) is 10.1 Å². The zero-order chi connectivity index (χ0) is 15.3. The Balaban J connectivity index is 3.00. The lowest BCUT2D eigenvalue weighted by Gasteiger charge is -2.32. The van der Waals surface area contributed by atoms with Crippen LogP contribution in [0.2, 0.25) is 0 Å². The summed E-state index contributed by atoms with van der Waals surface area (Å²) in [6, 6.07) is 0. The molecule has 1 amide bonds. The molecule has 0 spiro atoms. The lowest BCUT2D eigenvalue weighted by molar-refractivity contribution is -0.124. The van der Waals surface area contributed by atoms with Crippen molar-refractivity contribution >= 4 is 5.91 Å². The fourth-order valence-electron chi connectivity index (χ4n) is 2.58. The average molecular weight is 279 g/mol. The van der Waals surface area contributed by atoms with Gasteiger partial charge in [0.15, 0.2) is 5.88 Å². The van der Waals surface area contributed by atoms with E-state index in [-0.39, 0.29) is 17.2 Å². The van der Waals surface area contributed by atoms with Gasteiger partial charge in [-0.25, -0.2) is 0 Å². The van der Waals surface area contributed by atoms with E-state index in [0.717, 1.165) is 19.3 Å². The van der Waals surface area contributed by atoms with Gasteiger partial charge >= 0.3 is 0 Å². The second-order valence-corrected chi connectivity index (χ2v) is 6.45. The van der Waals surface area contributed by atoms with Gasteiger partial charge in [0, 0.05) is 12.0 Å². The van der Waals surface area contributed by atoms with Crippen molar-refractivity contribution in [3.05, 3.63) is 23.1 Å². The summed E-state index contributed by atoms with van der Waals surface area (Å²) >= 11 is 0. The van der Waals surface area contributed by atoms with Crippen LogP contribution in [0.4, 0.5) is 0 Å². The van der Waals surface area contributed by atoms with E-state index < -0.39 is 0 Å². The molecule has 0 aromatic rings. The van der Waals surface area contributed by atoms with Crippen LogP contribution in [-0.2, 0) is 9.53 Å². The van der Waals surface area contributed by atoms with Gasteiger partial charge in [0.1, 0.15) is 6.61 Å². The van der Waals surface area contributed by atoms with Gasteiger partial charge in [0.25, 0.3) is 0 Å². The quantitative estimate of drug-likeness (QED) is 0.792. The van der Waals surface area contributed by atoms with Crippen molar-refractivity contribution in [3.8, 4) is 0 Å². The molecule has 3 nitrogen and oxygen atoms in total. The smallest absolute Gasteiger partial charge is 0.229 e. The van der Waals surface area contributed by atoms with Crippen LogP contribution in [0, 0.1) is 11.3 Å². The maximum Gasteiger partial charge on any atom is 0.229 e. The Bertz CT molecular complexity index is 417. The highest BCUT2D eigenvalue weighted by atomic mass is 16.5. The third-order valence-electron chi connectivity index (χ3n) is 3.86. The van der Waals surface area contributed by atoms with Crippen LogP contribution in [0.3, 0.4) is 0 Å². The molecular weight excluding hydrogens is 250 g/mol. The molecule has 0 radical (unpaired) electrons. The first-order valence-corrected chi connectivity index (χ1v) is 7.69. The van der Waals surface area contributed by atoms with Crippen molar-refractivity contribution in [1.29, 1.82) is 0 Å². The normalized spacial score (nSPS) is 16.1. The average Bonchev–Trinajstić information content (AvgIpc) is 2.38. The van der Waals surface area contributed by atoms with Crippen molar-refractivity contribution in [2.75, 3.05) is 6.61 Å². The number of hydrogen-bond donors (Lipinski definition) is 1. The second kappa shape index (κ2) is 6.96. The second-order valence-electron chi connectivity index (χ2n) is 6.45. The molecule has 0 fully saturated rings. The van der Waals surface area contributed by atoms with Crippen LogP contribution in [0.5, 0.6) is 0 Å². The molecule has 0 aromatic heterocycles. The third kappa shape index (κ3) is 4.12. The summed E-state index contributed by atoms with van der Waals surface area (Å²) in [5.41, 5.74) is 2.79. The third-order valence-corrected chi connectivity index (χ3v) is 3.86. The fraction of sp³-hybridized carbons (Fsp3) is 0.706. The van der Waals surface area contributed by atoms with Crippen molar-refractivity contribution in [3.63, 3.8) is 0 Å². The number of rotatable bonds is 6. The molecule has 1 N–H and O–H groups in total. The van der Waals surface area contributed by atoms with Crippen molar-refractivity contribution in [2.45, 2.75) is 60.8 Å². The highest BCUT2D eigenvalue weighted by Crippen LogP contribution is 2.37. The maximum atomic E-state index is 11.8. The first kappa shape index (κ1) is 16.8. The molecule has 1 heterocycles. The first-order chi connectivity index (χ1) is 9.31. The molecule has 1 aliphatic rings. The monoisotopic (exact) mass is 279 g/mol. The topological polar surface area (TPSA) is 38.3 Å². The van der Waals surface area contributed by atoms with E-state index in [1.807, 2.05) is 19.9 Å². The molecular formula is C17H29NO2. The van der Waals surface area contributed by atoms with Crippen molar-refractivity contribution in [1.82, 2.24) is 5.32 Å². The number of allylic oxidation sites excluding steroid dienone is 2. The zero-order valence-corrected chi connectivity index (χ0v) is 13.8. The Morgan fingerprint density at radius 2 is 2.05 bits per heavy atom. The molecule has 114 valence electrons. The largest absolute Gasteiger partial charge is 0.474 e. The van der Waals surface area contributed by atoms with E-state index >= 15 is 0 Å². The molecule has 1 rings (SSSR count). The molecule has 0 atom stereocenters. The van der Waals surface area contributed by atoms with Gasteiger partial charge in [-0.05, 0) is 29.4 Å². The van der Waals surface area contributed by atoms with Crippen LogP contribution in [0.1, 0.15) is 60.8 Å². The molecule has 0 aromatic carbocycles. The number of carbonyl (C=O) groups is 1. The molecule has 0 saturated heterocycles. The van der Waals surface area contributed by atoms with Gasteiger partial charge in [-0.1, -0.05) is 48.0 Å². The summed E-state index contributed by atoms with van der Waals surface area (Å²) in [6.07, 6.45) is 5.30. The van der Waals surface area contributed by atoms with Crippen LogP contribution in [0.25, 0.3) is 0 Å². The van der Waals surface area contributed by atoms with Gasteiger partial charge in [0.05, 0.1) is 0 Å². The number of nitrogens with one attached hydrogen (secondary N) is 1. The van der Waals surface area contributed by atoms with Crippen LogP contribution in [0.15, 0.2) is 23.1 Å². The molecule has 20 heavy (non-hydrogen) atoms. The minimum Gasteiger partial charge on any atom is -0.474 e. The van der Waals surface area contributed by atoms with Crippen molar-refractivity contribution in [2.24, 2.45) is 11.3 Å². The molecule has 0 aliphatic carbocycles. The summed E-state index contributed by atoms with van der Waals surface area (Å²) in [5, 5.41) is 2.87. The Morgan fingerprint density at radius 3 is 2.55 bits per heavy atom. The van der Waals surface area contributed by atoms with Crippen molar-refractivity contribution < 1.29 is 9.53 Å². The molecule has 0 bridgehead atoms. The van der Waals surface area contributed by atoms with Gasteiger partial charge in [-0.2, -0.15) is 0 Å². The minimum absolute atomic E-state index is 0.00356.